The zero-order valence-corrected chi connectivity index (χ0v) is 39.3. The summed E-state index contributed by atoms with van der Waals surface area (Å²) in [5.74, 6) is -0.640. The van der Waals surface area contributed by atoms with Gasteiger partial charge in [0.05, 0.1) is 45.3 Å². The van der Waals surface area contributed by atoms with Crippen LogP contribution in [0.15, 0.2) is 65.5 Å². The first-order valence-corrected chi connectivity index (χ1v) is 25.3. The van der Waals surface area contributed by atoms with Crippen molar-refractivity contribution in [3.63, 3.8) is 0 Å². The van der Waals surface area contributed by atoms with E-state index >= 15 is 0 Å². The number of hydrogen-bond donors (Lipinski definition) is 3. The van der Waals surface area contributed by atoms with Crippen LogP contribution in [0.1, 0.15) is 60.8 Å². The molecule has 1 atom stereocenters. The second kappa shape index (κ2) is 19.4. The van der Waals surface area contributed by atoms with E-state index in [1.165, 1.54) is 12.1 Å². The molecule has 5 aromatic rings. The van der Waals surface area contributed by atoms with Crippen molar-refractivity contribution in [1.82, 2.24) is 35.1 Å². The molecular weight excluding hydrogens is 924 g/mol. The maximum absolute atomic E-state index is 14.2. The van der Waals surface area contributed by atoms with Gasteiger partial charge < -0.3 is 29.7 Å². The lowest BCUT2D eigenvalue weighted by atomic mass is 9.86. The lowest BCUT2D eigenvalue weighted by molar-refractivity contribution is -0.139. The molecule has 2 aromatic heterocycles. The van der Waals surface area contributed by atoms with Crippen molar-refractivity contribution in [2.45, 2.75) is 63.6 Å². The monoisotopic (exact) mass is 976 g/mol. The van der Waals surface area contributed by atoms with Crippen molar-refractivity contribution >= 4 is 80.1 Å². The van der Waals surface area contributed by atoms with Crippen molar-refractivity contribution in [3.8, 4) is 5.75 Å². The smallest absolute Gasteiger partial charge is 0.416 e. The molecule has 19 heteroatoms. The first kappa shape index (κ1) is 46.4. The van der Waals surface area contributed by atoms with E-state index in [1.807, 2.05) is 12.1 Å². The molecule has 0 bridgehead atoms. The van der Waals surface area contributed by atoms with Gasteiger partial charge in [-0.05, 0) is 102 Å². The highest BCUT2D eigenvalue weighted by atomic mass is 79.9. The standard InChI is InChI=1S/C46H53BrF3N10O4P/c1-5-29-25-37(55-45-53-27-34(47)43(57-45)54-36-10-9-35-41(52-16-15-51-35)42(36)65(3,4)63)39(64-2)26-38(29)60-18-13-30(14-19-60)59-22-20-58(21-23-59)17-12-28-6-7-31(33(24-28)46(48,49)50)32-8-11-40(61)56-44(32)62/h6-7,9-10,15-16,24-27,30,32H,5,8,11-14,17-23H2,1-4H3,(H,56,61,62)(H2,53,54,55,57). The van der Waals surface area contributed by atoms with E-state index in [0.29, 0.717) is 68.6 Å². The summed E-state index contributed by atoms with van der Waals surface area (Å²) in [5, 5.41) is 9.50. The van der Waals surface area contributed by atoms with Crippen LogP contribution in [0.25, 0.3) is 11.0 Å². The number of methoxy groups -OCH3 is 1. The fourth-order valence-corrected chi connectivity index (χ4v) is 11.0. The predicted octanol–water partition coefficient (Wildman–Crippen LogP) is 7.86. The number of halogens is 4. The largest absolute Gasteiger partial charge is 0.494 e. The number of rotatable bonds is 13. The predicted molar refractivity (Wildman–Crippen MR) is 251 cm³/mol. The molecule has 3 aliphatic rings. The van der Waals surface area contributed by atoms with E-state index in [9.17, 15) is 27.3 Å². The summed E-state index contributed by atoms with van der Waals surface area (Å²) in [5.41, 5.74) is 4.58. The number of fused-ring (bicyclic) bond motifs is 1. The summed E-state index contributed by atoms with van der Waals surface area (Å²) in [6.45, 7) is 11.4. The van der Waals surface area contributed by atoms with E-state index in [0.717, 1.165) is 75.5 Å². The number of carbonyl (C=O) groups excluding carboxylic acids is 2. The molecule has 344 valence electrons. The molecule has 0 radical (unpaired) electrons. The number of piperazine rings is 1. The van der Waals surface area contributed by atoms with Gasteiger partial charge in [-0.2, -0.15) is 18.2 Å². The average molecular weight is 978 g/mol. The fourth-order valence-electron chi connectivity index (χ4n) is 9.30. The zero-order chi connectivity index (χ0) is 46.0. The number of aromatic nitrogens is 4. The first-order valence-electron chi connectivity index (χ1n) is 21.9. The van der Waals surface area contributed by atoms with Crippen LogP contribution in [0.5, 0.6) is 5.75 Å². The van der Waals surface area contributed by atoms with Crippen LogP contribution < -0.4 is 30.9 Å². The number of carbonyl (C=O) groups is 2. The first-order chi connectivity index (χ1) is 31.1. The molecule has 3 N–H and O–H groups in total. The molecule has 3 fully saturated rings. The lowest BCUT2D eigenvalue weighted by Gasteiger charge is -2.43. The molecule has 0 spiro atoms. The van der Waals surface area contributed by atoms with Gasteiger partial charge >= 0.3 is 6.18 Å². The molecule has 5 heterocycles. The van der Waals surface area contributed by atoms with Gasteiger partial charge in [-0.1, -0.05) is 19.1 Å². The van der Waals surface area contributed by atoms with Crippen LogP contribution in [0.3, 0.4) is 0 Å². The van der Waals surface area contributed by atoms with Crippen molar-refractivity contribution < 1.29 is 32.1 Å². The number of anilines is 5. The number of alkyl halides is 3. The summed E-state index contributed by atoms with van der Waals surface area (Å²) >= 11 is 3.58. The topological polar surface area (TPSA) is 158 Å². The Labute approximate surface area is 384 Å². The minimum Gasteiger partial charge on any atom is -0.494 e. The number of nitrogens with zero attached hydrogens (tertiary/aromatic N) is 7. The minimum absolute atomic E-state index is 0.0202. The van der Waals surface area contributed by atoms with Gasteiger partial charge in [0.2, 0.25) is 17.8 Å². The van der Waals surface area contributed by atoms with E-state index in [-0.39, 0.29) is 18.4 Å². The zero-order valence-electron chi connectivity index (χ0n) is 36.8. The number of imide groups is 1. The Hall–Kier alpha value is -5.16. The maximum Gasteiger partial charge on any atom is 0.416 e. The second-order valence-corrected chi connectivity index (χ2v) is 21.2. The molecule has 65 heavy (non-hydrogen) atoms. The van der Waals surface area contributed by atoms with Gasteiger partial charge in [-0.25, -0.2) is 4.98 Å². The third kappa shape index (κ3) is 10.5. The Bertz CT molecular complexity index is 2630. The highest BCUT2D eigenvalue weighted by molar-refractivity contribution is 9.10. The molecule has 14 nitrogen and oxygen atoms in total. The molecule has 2 amide bonds. The second-order valence-electron chi connectivity index (χ2n) is 17.2. The van der Waals surface area contributed by atoms with E-state index in [4.69, 9.17) is 9.72 Å². The Kier molecular flexibility index (Phi) is 13.8. The van der Waals surface area contributed by atoms with E-state index in [1.54, 1.807) is 45.1 Å². The van der Waals surface area contributed by atoms with Gasteiger partial charge in [0.25, 0.3) is 0 Å². The number of benzene rings is 3. The summed E-state index contributed by atoms with van der Waals surface area (Å²) in [4.78, 5) is 49.5. The van der Waals surface area contributed by atoms with Crippen molar-refractivity contribution in [1.29, 1.82) is 0 Å². The molecular formula is C46H53BrF3N10O4P. The summed E-state index contributed by atoms with van der Waals surface area (Å²) < 4.78 is 62.6. The molecule has 3 saturated heterocycles. The fraction of sp³-hybridized carbons (Fsp3) is 0.435. The van der Waals surface area contributed by atoms with Gasteiger partial charge in [0, 0.05) is 88.6 Å². The van der Waals surface area contributed by atoms with Gasteiger partial charge in [0.15, 0.2) is 0 Å². The number of piperidine rings is 2. The number of ether oxygens (including phenoxy) is 1. The van der Waals surface area contributed by atoms with Gasteiger partial charge in [0.1, 0.15) is 24.2 Å². The lowest BCUT2D eigenvalue weighted by Crippen LogP contribution is -2.53. The molecule has 0 saturated carbocycles. The van der Waals surface area contributed by atoms with Crippen molar-refractivity contribution in [3.05, 3.63) is 87.8 Å². The Morgan fingerprint density at radius 3 is 2.37 bits per heavy atom. The van der Waals surface area contributed by atoms with Crippen LogP contribution in [0.2, 0.25) is 0 Å². The van der Waals surface area contributed by atoms with Crippen LogP contribution >= 0.6 is 23.1 Å². The van der Waals surface area contributed by atoms with Crippen molar-refractivity contribution in [2.75, 3.05) is 81.8 Å². The minimum atomic E-state index is -4.61. The SMILES string of the molecule is CCc1cc(Nc2ncc(Br)c(Nc3ccc4nccnc4c3P(C)(C)=O)n2)c(OC)cc1N1CCC(N2CCN(CCc3ccc(C4CCC(=O)NC4=O)c(C(F)(F)F)c3)CC2)CC1. The average Bonchev–Trinajstić information content (AvgIpc) is 3.28. The maximum atomic E-state index is 14.2. The molecule has 0 aliphatic carbocycles. The number of hydrogen-bond acceptors (Lipinski definition) is 13. The Morgan fingerprint density at radius 1 is 0.923 bits per heavy atom. The van der Waals surface area contributed by atoms with Crippen molar-refractivity contribution in [2.24, 2.45) is 0 Å². The number of nitrogens with one attached hydrogen (secondary N) is 3. The molecule has 8 rings (SSSR count). The van der Waals surface area contributed by atoms with Crippen LogP contribution in [0.4, 0.5) is 42.0 Å². The van der Waals surface area contributed by atoms with Crippen LogP contribution in [-0.2, 0) is 33.2 Å². The Morgan fingerprint density at radius 2 is 1.68 bits per heavy atom. The van der Waals surface area contributed by atoms with Crippen LogP contribution in [-0.4, -0.2) is 114 Å². The normalized spacial score (nSPS) is 18.2. The third-order valence-electron chi connectivity index (χ3n) is 12.7. The third-order valence-corrected chi connectivity index (χ3v) is 14.8. The Balaban J connectivity index is 0.872. The number of amides is 2. The number of aryl methyl sites for hydroxylation is 1. The van der Waals surface area contributed by atoms with Crippen LogP contribution in [0, 0.1) is 0 Å². The van der Waals surface area contributed by atoms with E-state index in [2.05, 4.69) is 80.6 Å². The highest BCUT2D eigenvalue weighted by Gasteiger charge is 2.39. The quantitative estimate of drug-likeness (QED) is 0.0775. The van der Waals surface area contributed by atoms with Gasteiger partial charge in [-0.15, -0.1) is 0 Å². The highest BCUT2D eigenvalue weighted by Crippen LogP contribution is 2.42. The molecule has 3 aliphatic heterocycles. The molecule has 1 unspecified atom stereocenters. The van der Waals surface area contributed by atoms with Gasteiger partial charge in [-0.3, -0.25) is 29.8 Å². The molecule has 3 aromatic carbocycles. The van der Waals surface area contributed by atoms with E-state index < -0.39 is 36.6 Å². The summed E-state index contributed by atoms with van der Waals surface area (Å²) in [6, 6.07) is 12.6. The summed E-state index contributed by atoms with van der Waals surface area (Å²) in [7, 11) is -1.15. The summed E-state index contributed by atoms with van der Waals surface area (Å²) in [6.07, 6.45) is 3.62.